The number of aromatic nitrogens is 3. The van der Waals surface area contributed by atoms with Crippen LogP contribution in [0.1, 0.15) is 61.9 Å². The molecule has 0 saturated carbocycles. The predicted octanol–water partition coefficient (Wildman–Crippen LogP) is 6.38. The molecule has 3 aromatic rings. The number of anilines is 1. The van der Waals surface area contributed by atoms with Crippen LogP contribution in [0, 0.1) is 20.8 Å². The van der Waals surface area contributed by atoms with Gasteiger partial charge in [0.2, 0.25) is 0 Å². The second-order valence-electron chi connectivity index (χ2n) is 11.3. The lowest BCUT2D eigenvalue weighted by Crippen LogP contribution is -2.44. The molecule has 12 heteroatoms. The molecule has 216 valence electrons. The number of pyridine rings is 1. The Morgan fingerprint density at radius 2 is 1.73 bits per heavy atom. The largest absolute Gasteiger partial charge is 0.444 e. The van der Waals surface area contributed by atoms with Gasteiger partial charge in [-0.2, -0.15) is 13.2 Å². The van der Waals surface area contributed by atoms with E-state index in [1.807, 2.05) is 0 Å². The normalized spacial score (nSPS) is 16.6. The summed E-state index contributed by atoms with van der Waals surface area (Å²) in [5, 5.41) is 3.86. The average molecular weight is 578 g/mol. The van der Waals surface area contributed by atoms with E-state index in [9.17, 15) is 22.5 Å². The maximum absolute atomic E-state index is 14.1. The number of benzene rings is 1. The Kier molecular flexibility index (Phi) is 7.93. The second-order valence-corrected chi connectivity index (χ2v) is 14.4. The topological polar surface area (TPSA) is 97.3 Å². The molecule has 1 atom stereocenters. The summed E-state index contributed by atoms with van der Waals surface area (Å²) in [4.78, 5) is 27.8. The Hall–Kier alpha value is -3.20. The highest BCUT2D eigenvalue weighted by atomic mass is 31.2. The molecule has 1 aromatic carbocycles. The summed E-state index contributed by atoms with van der Waals surface area (Å²) in [6, 6.07) is 5.34. The molecule has 1 N–H and O–H groups in total. The molecular formula is C28H35F3N5O3P. The zero-order valence-corrected chi connectivity index (χ0v) is 24.7. The summed E-state index contributed by atoms with van der Waals surface area (Å²) in [5.41, 5.74) is 0.914. The van der Waals surface area contributed by atoms with Crippen molar-refractivity contribution in [1.82, 2.24) is 19.9 Å². The van der Waals surface area contributed by atoms with Crippen LogP contribution in [-0.2, 0) is 15.5 Å². The fourth-order valence-electron chi connectivity index (χ4n) is 4.94. The van der Waals surface area contributed by atoms with Gasteiger partial charge < -0.3 is 19.5 Å². The van der Waals surface area contributed by atoms with Crippen LogP contribution in [0.25, 0.3) is 10.9 Å². The number of carbonyl (C=O) groups excluding carboxylic acids is 1. The van der Waals surface area contributed by atoms with Gasteiger partial charge in [0.15, 0.2) is 0 Å². The predicted molar refractivity (Wildman–Crippen MR) is 150 cm³/mol. The maximum atomic E-state index is 14.1. The van der Waals surface area contributed by atoms with Crippen LogP contribution in [-0.4, -0.2) is 57.0 Å². The number of halogens is 3. The fourth-order valence-corrected chi connectivity index (χ4v) is 7.44. The van der Waals surface area contributed by atoms with E-state index in [1.54, 1.807) is 58.6 Å². The number of nitrogens with one attached hydrogen (secondary N) is 1. The van der Waals surface area contributed by atoms with Crippen molar-refractivity contribution in [2.24, 2.45) is 0 Å². The highest BCUT2D eigenvalue weighted by molar-refractivity contribution is 7.71. The molecular weight excluding hydrogens is 542 g/mol. The van der Waals surface area contributed by atoms with Gasteiger partial charge in [0.05, 0.1) is 22.8 Å². The molecule has 1 fully saturated rings. The highest BCUT2D eigenvalue weighted by Gasteiger charge is 2.36. The summed E-state index contributed by atoms with van der Waals surface area (Å²) < 4.78 is 60.1. The van der Waals surface area contributed by atoms with E-state index >= 15 is 0 Å². The molecule has 4 rings (SSSR count). The Bertz CT molecular complexity index is 1490. The van der Waals surface area contributed by atoms with Crippen LogP contribution < -0.4 is 10.8 Å². The van der Waals surface area contributed by atoms with Gasteiger partial charge in [-0.3, -0.25) is 0 Å². The number of nitrogens with zero attached hydrogens (tertiary/aromatic N) is 4. The highest BCUT2D eigenvalue weighted by Crippen LogP contribution is 2.46. The summed E-state index contributed by atoms with van der Waals surface area (Å²) in [6.45, 7) is 12.7. The van der Waals surface area contributed by atoms with Crippen molar-refractivity contribution in [2.75, 3.05) is 30.7 Å². The first-order valence-electron chi connectivity index (χ1n) is 13.1. The maximum Gasteiger partial charge on any atom is 0.416 e. The van der Waals surface area contributed by atoms with E-state index < -0.39 is 36.6 Å². The number of fused-ring (bicyclic) bond motifs is 1. The zero-order chi connectivity index (χ0) is 29.6. The molecule has 1 aliphatic rings. The number of carbonyl (C=O) groups is 1. The van der Waals surface area contributed by atoms with Crippen LogP contribution in [0.15, 0.2) is 24.3 Å². The molecule has 1 aliphatic heterocycles. The van der Waals surface area contributed by atoms with Crippen molar-refractivity contribution >= 4 is 35.4 Å². The Morgan fingerprint density at radius 1 is 1.07 bits per heavy atom. The third kappa shape index (κ3) is 6.24. The molecule has 3 heterocycles. The van der Waals surface area contributed by atoms with Crippen molar-refractivity contribution < 1.29 is 27.3 Å². The zero-order valence-electron chi connectivity index (χ0n) is 23.8. The third-order valence-corrected chi connectivity index (χ3v) is 9.90. The van der Waals surface area contributed by atoms with Crippen molar-refractivity contribution in [2.45, 2.75) is 66.3 Å². The van der Waals surface area contributed by atoms with Gasteiger partial charge in [0, 0.05) is 30.8 Å². The standard InChI is InChI=1S/C28H35F3N5O3P/c1-16-20(9-8-10-22(16)28(29,30)31)17(2)33-25-21-15-23(32-18(3)24(21)34-19(4)35-25)40(38)13-11-36(12-14-40)26(37)39-27(5,6)7/h8-10,15,17H,11-14H2,1-7H3,(H,33,34,35)/t17-/m1/s1. The number of amides is 1. The number of alkyl halides is 3. The number of aryl methyl sites for hydroxylation is 2. The van der Waals surface area contributed by atoms with Crippen molar-refractivity contribution in [1.29, 1.82) is 0 Å². The first kappa shape index (κ1) is 29.8. The summed E-state index contributed by atoms with van der Waals surface area (Å²) >= 11 is 0. The number of rotatable bonds is 4. The van der Waals surface area contributed by atoms with E-state index in [2.05, 4.69) is 20.3 Å². The van der Waals surface area contributed by atoms with Gasteiger partial charge in [0.1, 0.15) is 29.8 Å². The van der Waals surface area contributed by atoms with E-state index in [0.717, 1.165) is 6.07 Å². The molecule has 0 bridgehead atoms. The van der Waals surface area contributed by atoms with Crippen LogP contribution in [0.3, 0.4) is 0 Å². The Labute approximate surface area is 232 Å². The lowest BCUT2D eigenvalue weighted by Gasteiger charge is -2.33. The summed E-state index contributed by atoms with van der Waals surface area (Å²) in [6.07, 6.45) is -4.37. The van der Waals surface area contributed by atoms with E-state index in [-0.39, 0.29) is 31.0 Å². The number of ether oxygens (including phenoxy) is 1. The van der Waals surface area contributed by atoms with Crippen LogP contribution >= 0.6 is 7.14 Å². The van der Waals surface area contributed by atoms with E-state index in [4.69, 9.17) is 4.74 Å². The van der Waals surface area contributed by atoms with Gasteiger partial charge in [-0.05, 0) is 71.7 Å². The molecule has 2 aromatic heterocycles. The molecule has 1 amide bonds. The quantitative estimate of drug-likeness (QED) is 0.360. The van der Waals surface area contributed by atoms with Gasteiger partial charge in [0.25, 0.3) is 0 Å². The summed E-state index contributed by atoms with van der Waals surface area (Å²) in [5.74, 6) is 0.899. The van der Waals surface area contributed by atoms with Gasteiger partial charge in [-0.25, -0.2) is 19.7 Å². The molecule has 0 radical (unpaired) electrons. The van der Waals surface area contributed by atoms with Crippen molar-refractivity contribution in [3.05, 3.63) is 52.5 Å². The van der Waals surface area contributed by atoms with Crippen molar-refractivity contribution in [3.8, 4) is 0 Å². The molecule has 0 aliphatic carbocycles. The second kappa shape index (κ2) is 10.7. The minimum Gasteiger partial charge on any atom is -0.444 e. The number of hydrogen-bond donors (Lipinski definition) is 1. The molecule has 1 saturated heterocycles. The van der Waals surface area contributed by atoms with Crippen LogP contribution in [0.2, 0.25) is 0 Å². The molecule has 40 heavy (non-hydrogen) atoms. The number of hydrogen-bond acceptors (Lipinski definition) is 7. The molecule has 8 nitrogen and oxygen atoms in total. The first-order valence-corrected chi connectivity index (χ1v) is 15.2. The molecule has 0 unspecified atom stereocenters. The lowest BCUT2D eigenvalue weighted by molar-refractivity contribution is -0.138. The first-order chi connectivity index (χ1) is 18.5. The van der Waals surface area contributed by atoms with Crippen LogP contribution in [0.4, 0.5) is 23.8 Å². The van der Waals surface area contributed by atoms with Gasteiger partial charge in [-0.15, -0.1) is 0 Å². The Morgan fingerprint density at radius 3 is 2.33 bits per heavy atom. The van der Waals surface area contributed by atoms with E-state index in [1.165, 1.54) is 13.0 Å². The molecule has 0 spiro atoms. The average Bonchev–Trinajstić information content (AvgIpc) is 2.83. The monoisotopic (exact) mass is 577 g/mol. The smallest absolute Gasteiger partial charge is 0.416 e. The fraction of sp³-hybridized carbons (Fsp3) is 0.500. The third-order valence-electron chi connectivity index (χ3n) is 6.99. The van der Waals surface area contributed by atoms with E-state index in [0.29, 0.717) is 39.2 Å². The minimum atomic E-state index is -4.46. The SMILES string of the molecule is Cc1nc(N[C@H](C)c2cccc(C(F)(F)F)c2C)c2cc(P3(=O)CCN(C(=O)OC(C)(C)C)CC3)nc(C)c2n1. The van der Waals surface area contributed by atoms with Gasteiger partial charge in [-0.1, -0.05) is 12.1 Å². The minimum absolute atomic E-state index is 0.143. The summed E-state index contributed by atoms with van der Waals surface area (Å²) in [7, 11) is -2.95. The lowest BCUT2D eigenvalue weighted by atomic mass is 9.97. The van der Waals surface area contributed by atoms with Crippen molar-refractivity contribution in [3.63, 3.8) is 0 Å². The van der Waals surface area contributed by atoms with Crippen LogP contribution in [0.5, 0.6) is 0 Å². The Balaban J connectivity index is 1.66. The van der Waals surface area contributed by atoms with Gasteiger partial charge >= 0.3 is 12.3 Å².